The van der Waals surface area contributed by atoms with Crippen molar-refractivity contribution < 1.29 is 9.47 Å². The zero-order valence-electron chi connectivity index (χ0n) is 20.4. The van der Waals surface area contributed by atoms with Crippen molar-refractivity contribution in [2.45, 2.75) is 52.1 Å². The number of benzene rings is 2. The highest BCUT2D eigenvalue weighted by Gasteiger charge is 2.23. The van der Waals surface area contributed by atoms with Gasteiger partial charge in [-0.3, -0.25) is 13.9 Å². The summed E-state index contributed by atoms with van der Waals surface area (Å²) in [4.78, 5) is 29.5. The Balaban J connectivity index is 1.60. The lowest BCUT2D eigenvalue weighted by Crippen LogP contribution is -2.40. The van der Waals surface area contributed by atoms with Crippen molar-refractivity contribution in [2.24, 2.45) is 0 Å². The van der Waals surface area contributed by atoms with Crippen LogP contribution >= 0.6 is 11.3 Å². The first kappa shape index (κ1) is 23.4. The summed E-state index contributed by atoms with van der Waals surface area (Å²) in [6.07, 6.45) is 4.65. The molecule has 0 saturated carbocycles. The van der Waals surface area contributed by atoms with Crippen LogP contribution in [-0.2, 0) is 32.4 Å². The van der Waals surface area contributed by atoms with Gasteiger partial charge < -0.3 is 9.47 Å². The zero-order valence-corrected chi connectivity index (χ0v) is 21.2. The molecule has 7 heteroatoms. The predicted molar refractivity (Wildman–Crippen MR) is 141 cm³/mol. The molecule has 4 aromatic rings. The van der Waals surface area contributed by atoms with Crippen molar-refractivity contribution in [3.8, 4) is 11.5 Å². The van der Waals surface area contributed by atoms with Crippen LogP contribution in [0.15, 0.2) is 52.1 Å². The minimum atomic E-state index is -0.247. The van der Waals surface area contributed by atoms with Gasteiger partial charge in [0.15, 0.2) is 11.5 Å². The lowest BCUT2D eigenvalue weighted by molar-refractivity contribution is 0.354. The third kappa shape index (κ3) is 4.41. The van der Waals surface area contributed by atoms with Crippen LogP contribution in [0.3, 0.4) is 0 Å². The Bertz CT molecular complexity index is 1510. The average Bonchev–Trinajstić information content (AvgIpc) is 3.26. The van der Waals surface area contributed by atoms with Crippen molar-refractivity contribution >= 4 is 21.6 Å². The van der Waals surface area contributed by atoms with E-state index in [0.29, 0.717) is 31.0 Å². The quantitative estimate of drug-likeness (QED) is 0.376. The van der Waals surface area contributed by atoms with E-state index >= 15 is 0 Å². The highest BCUT2D eigenvalue weighted by Crippen LogP contribution is 2.34. The van der Waals surface area contributed by atoms with Crippen LogP contribution in [0.2, 0.25) is 0 Å². The average molecular weight is 491 g/mol. The maximum Gasteiger partial charge on any atom is 0.332 e. The molecule has 0 spiro atoms. The molecule has 35 heavy (non-hydrogen) atoms. The first-order valence-electron chi connectivity index (χ1n) is 12.0. The van der Waals surface area contributed by atoms with Crippen molar-refractivity contribution in [1.82, 2.24) is 9.13 Å². The van der Waals surface area contributed by atoms with Gasteiger partial charge in [-0.15, -0.1) is 11.3 Å². The fourth-order valence-corrected chi connectivity index (χ4v) is 6.40. The zero-order chi connectivity index (χ0) is 24.5. The summed E-state index contributed by atoms with van der Waals surface area (Å²) in [7, 11) is 3.20. The third-order valence-corrected chi connectivity index (χ3v) is 8.13. The molecule has 1 aliphatic rings. The van der Waals surface area contributed by atoms with Crippen LogP contribution in [0.5, 0.6) is 11.5 Å². The lowest BCUT2D eigenvalue weighted by atomic mass is 9.97. The molecule has 0 unspecified atom stereocenters. The first-order valence-corrected chi connectivity index (χ1v) is 12.9. The second-order valence-electron chi connectivity index (χ2n) is 9.14. The summed E-state index contributed by atoms with van der Waals surface area (Å²) >= 11 is 1.63. The normalized spacial score (nSPS) is 13.1. The second-order valence-corrected chi connectivity index (χ2v) is 10.2. The van der Waals surface area contributed by atoms with Gasteiger partial charge in [-0.25, -0.2) is 4.79 Å². The number of ether oxygens (including phenoxy) is 2. The van der Waals surface area contributed by atoms with Gasteiger partial charge in [0.05, 0.1) is 26.2 Å². The highest BCUT2D eigenvalue weighted by molar-refractivity contribution is 7.18. The molecule has 5 rings (SSSR count). The van der Waals surface area contributed by atoms with Gasteiger partial charge in [-0.2, -0.15) is 0 Å². The molecule has 182 valence electrons. The number of methoxy groups -OCH3 is 2. The van der Waals surface area contributed by atoms with Crippen molar-refractivity contribution in [1.29, 1.82) is 0 Å². The number of hydrogen-bond donors (Lipinski definition) is 0. The summed E-state index contributed by atoms with van der Waals surface area (Å²) in [6.45, 7) is 2.81. The molecule has 0 bridgehead atoms. The highest BCUT2D eigenvalue weighted by atomic mass is 32.1. The van der Waals surface area contributed by atoms with Gasteiger partial charge in [0, 0.05) is 11.4 Å². The van der Waals surface area contributed by atoms with Gasteiger partial charge in [0.1, 0.15) is 4.83 Å². The summed E-state index contributed by atoms with van der Waals surface area (Å²) in [5.41, 5.74) is 3.93. The Hall–Kier alpha value is -3.32. The molecule has 0 aliphatic heterocycles. The van der Waals surface area contributed by atoms with Gasteiger partial charge in [-0.1, -0.05) is 35.9 Å². The van der Waals surface area contributed by atoms with Crippen LogP contribution in [0.1, 0.15) is 40.0 Å². The topological polar surface area (TPSA) is 62.5 Å². The van der Waals surface area contributed by atoms with E-state index in [0.717, 1.165) is 58.2 Å². The Kier molecular flexibility index (Phi) is 6.52. The molecule has 0 atom stereocenters. The molecule has 0 N–H and O–H groups in total. The molecule has 2 heterocycles. The third-order valence-electron chi connectivity index (χ3n) is 6.81. The van der Waals surface area contributed by atoms with Crippen LogP contribution in [0, 0.1) is 6.92 Å². The van der Waals surface area contributed by atoms with Gasteiger partial charge in [-0.05, 0) is 67.9 Å². The Morgan fingerprint density at radius 1 is 0.914 bits per heavy atom. The molecular weight excluding hydrogens is 460 g/mol. The van der Waals surface area contributed by atoms with E-state index in [1.165, 1.54) is 9.44 Å². The molecule has 0 fully saturated rings. The van der Waals surface area contributed by atoms with Gasteiger partial charge in [0.2, 0.25) is 0 Å². The van der Waals surface area contributed by atoms with E-state index in [1.807, 2.05) is 34.9 Å². The Morgan fingerprint density at radius 2 is 1.71 bits per heavy atom. The monoisotopic (exact) mass is 490 g/mol. The van der Waals surface area contributed by atoms with E-state index in [2.05, 4.69) is 19.1 Å². The number of fused-ring (bicyclic) bond motifs is 3. The Labute approximate surface area is 208 Å². The van der Waals surface area contributed by atoms with E-state index < -0.39 is 0 Å². The standard InChI is InChI=1S/C28H30N2O4S/c1-18-7-6-8-20(15-18)17-30-27-25(21-9-4-5-10-24(21)35-27)26(31)29(28(30)32)14-13-19-11-12-22(33-2)23(16-19)34-3/h6-8,11-12,15-16H,4-5,9-10,13-14,17H2,1-3H3. The molecule has 2 aromatic carbocycles. The summed E-state index contributed by atoms with van der Waals surface area (Å²) in [5, 5.41) is 0.740. The van der Waals surface area contributed by atoms with Crippen LogP contribution in [0.25, 0.3) is 10.2 Å². The summed E-state index contributed by atoms with van der Waals surface area (Å²) < 4.78 is 14.0. The lowest BCUT2D eigenvalue weighted by Gasteiger charge is -2.14. The van der Waals surface area contributed by atoms with E-state index in [4.69, 9.17) is 9.47 Å². The summed E-state index contributed by atoms with van der Waals surface area (Å²) in [6, 6.07) is 13.9. The molecule has 6 nitrogen and oxygen atoms in total. The van der Waals surface area contributed by atoms with E-state index in [1.54, 1.807) is 25.6 Å². The largest absolute Gasteiger partial charge is 0.493 e. The number of thiophene rings is 1. The smallest absolute Gasteiger partial charge is 0.332 e. The summed E-state index contributed by atoms with van der Waals surface area (Å²) in [5.74, 6) is 1.29. The minimum absolute atomic E-state index is 0.162. The SMILES string of the molecule is COc1ccc(CCn2c(=O)c3c4c(sc3n(Cc3cccc(C)c3)c2=O)CCCC4)cc1OC. The van der Waals surface area contributed by atoms with Crippen LogP contribution < -0.4 is 20.7 Å². The number of aryl methyl sites for hydroxylation is 4. The van der Waals surface area contributed by atoms with E-state index in [9.17, 15) is 9.59 Å². The number of aromatic nitrogens is 2. The molecule has 1 aliphatic carbocycles. The Morgan fingerprint density at radius 3 is 2.49 bits per heavy atom. The molecule has 0 amide bonds. The number of hydrogen-bond acceptors (Lipinski definition) is 5. The van der Waals surface area contributed by atoms with Crippen LogP contribution in [0.4, 0.5) is 0 Å². The molecule has 0 saturated heterocycles. The molecule has 0 radical (unpaired) electrons. The number of nitrogens with zero attached hydrogens (tertiary/aromatic N) is 2. The predicted octanol–water partition coefficient (Wildman–Crippen LogP) is 4.72. The van der Waals surface area contributed by atoms with Crippen molar-refractivity contribution in [2.75, 3.05) is 14.2 Å². The van der Waals surface area contributed by atoms with Gasteiger partial charge >= 0.3 is 5.69 Å². The van der Waals surface area contributed by atoms with E-state index in [-0.39, 0.29) is 11.2 Å². The van der Waals surface area contributed by atoms with Crippen LogP contribution in [-0.4, -0.2) is 23.4 Å². The second kappa shape index (κ2) is 9.74. The maximum absolute atomic E-state index is 13.7. The molecule has 2 aromatic heterocycles. The maximum atomic E-state index is 13.7. The van der Waals surface area contributed by atoms with Crippen molar-refractivity contribution in [3.63, 3.8) is 0 Å². The van der Waals surface area contributed by atoms with Crippen molar-refractivity contribution in [3.05, 3.63) is 90.4 Å². The number of rotatable bonds is 7. The first-order chi connectivity index (χ1) is 17.0. The fourth-order valence-electron chi connectivity index (χ4n) is 5.02. The minimum Gasteiger partial charge on any atom is -0.493 e. The fraction of sp³-hybridized carbons (Fsp3) is 0.357. The van der Waals surface area contributed by atoms with Gasteiger partial charge in [0.25, 0.3) is 5.56 Å². The molecular formula is C28H30N2O4S.